The Hall–Kier alpha value is -1.87. The Morgan fingerprint density at radius 2 is 1.85 bits per heavy atom. The van der Waals surface area contributed by atoms with E-state index in [1.54, 1.807) is 6.07 Å². The molecule has 3 heteroatoms. The largest absolute Gasteiger partial charge is 0.489 e. The van der Waals surface area contributed by atoms with E-state index in [1.807, 2.05) is 19.1 Å². The molecule has 0 aliphatic carbocycles. The molecule has 2 N–H and O–H groups in total. The first kappa shape index (κ1) is 14.5. The quantitative estimate of drug-likeness (QED) is 0.900. The highest BCUT2D eigenvalue weighted by Crippen LogP contribution is 2.21. The second-order valence-corrected chi connectivity index (χ2v) is 5.08. The lowest BCUT2D eigenvalue weighted by molar-refractivity contribution is 0.302. The number of rotatable bonds is 5. The molecule has 106 valence electrons. The van der Waals surface area contributed by atoms with Gasteiger partial charge in [-0.05, 0) is 42.1 Å². The second-order valence-electron chi connectivity index (χ2n) is 5.08. The molecular weight excluding hydrogens is 253 g/mol. The molecule has 0 aliphatic heterocycles. The van der Waals surface area contributed by atoms with Gasteiger partial charge in [0.2, 0.25) is 0 Å². The van der Waals surface area contributed by atoms with Crippen molar-refractivity contribution in [3.05, 3.63) is 65.0 Å². The van der Waals surface area contributed by atoms with Crippen LogP contribution in [-0.2, 0) is 6.61 Å². The summed E-state index contributed by atoms with van der Waals surface area (Å²) < 4.78 is 18.8. The Labute approximate surface area is 119 Å². The van der Waals surface area contributed by atoms with Crippen molar-refractivity contribution in [2.45, 2.75) is 26.4 Å². The molecular formula is C17H20FNO. The van der Waals surface area contributed by atoms with Crippen LogP contribution in [0.3, 0.4) is 0 Å². The third kappa shape index (κ3) is 3.58. The van der Waals surface area contributed by atoms with E-state index in [4.69, 9.17) is 10.5 Å². The number of hydrogen-bond donors (Lipinski definition) is 1. The molecule has 0 saturated heterocycles. The SMILES string of the molecule is Cc1ccc(F)cc1OCc1ccc(C(C)CN)cc1. The van der Waals surface area contributed by atoms with E-state index in [2.05, 4.69) is 19.1 Å². The summed E-state index contributed by atoms with van der Waals surface area (Å²) in [5, 5.41) is 0. The van der Waals surface area contributed by atoms with Gasteiger partial charge in [-0.2, -0.15) is 0 Å². The van der Waals surface area contributed by atoms with Crippen LogP contribution < -0.4 is 10.5 Å². The molecule has 0 spiro atoms. The monoisotopic (exact) mass is 273 g/mol. The highest BCUT2D eigenvalue weighted by atomic mass is 19.1. The van der Waals surface area contributed by atoms with Gasteiger partial charge in [0.25, 0.3) is 0 Å². The lowest BCUT2D eigenvalue weighted by atomic mass is 10.0. The van der Waals surface area contributed by atoms with Crippen LogP contribution in [-0.4, -0.2) is 6.54 Å². The number of aryl methyl sites for hydroxylation is 1. The minimum absolute atomic E-state index is 0.280. The maximum Gasteiger partial charge on any atom is 0.126 e. The molecule has 0 aromatic heterocycles. The molecule has 0 radical (unpaired) electrons. The van der Waals surface area contributed by atoms with Gasteiger partial charge in [0.1, 0.15) is 18.2 Å². The molecule has 1 unspecified atom stereocenters. The Balaban J connectivity index is 2.02. The van der Waals surface area contributed by atoms with Crippen molar-refractivity contribution >= 4 is 0 Å². The van der Waals surface area contributed by atoms with Crippen LogP contribution in [0.15, 0.2) is 42.5 Å². The summed E-state index contributed by atoms with van der Waals surface area (Å²) in [5.74, 6) is 0.664. The van der Waals surface area contributed by atoms with Crippen LogP contribution in [0.4, 0.5) is 4.39 Å². The maximum absolute atomic E-state index is 13.2. The molecule has 0 amide bonds. The zero-order valence-corrected chi connectivity index (χ0v) is 11.9. The first-order valence-electron chi connectivity index (χ1n) is 6.78. The summed E-state index contributed by atoms with van der Waals surface area (Å²) in [6, 6.07) is 12.7. The molecule has 2 nitrogen and oxygen atoms in total. The average Bonchev–Trinajstić information content (AvgIpc) is 2.48. The number of nitrogens with two attached hydrogens (primary N) is 1. The maximum atomic E-state index is 13.2. The third-order valence-corrected chi connectivity index (χ3v) is 3.45. The van der Waals surface area contributed by atoms with Gasteiger partial charge in [0.05, 0.1) is 0 Å². The molecule has 2 aromatic carbocycles. The van der Waals surface area contributed by atoms with Crippen LogP contribution in [0, 0.1) is 12.7 Å². The number of benzene rings is 2. The van der Waals surface area contributed by atoms with Gasteiger partial charge in [0, 0.05) is 6.07 Å². The van der Waals surface area contributed by atoms with Crippen molar-refractivity contribution in [3.8, 4) is 5.75 Å². The molecule has 0 aliphatic rings. The zero-order chi connectivity index (χ0) is 14.5. The fourth-order valence-electron chi connectivity index (χ4n) is 1.97. The van der Waals surface area contributed by atoms with E-state index >= 15 is 0 Å². The summed E-state index contributed by atoms with van der Waals surface area (Å²) in [7, 11) is 0. The van der Waals surface area contributed by atoms with E-state index in [0.717, 1.165) is 11.1 Å². The molecule has 0 fully saturated rings. The number of halogens is 1. The highest BCUT2D eigenvalue weighted by Gasteiger charge is 2.04. The summed E-state index contributed by atoms with van der Waals surface area (Å²) in [6.45, 7) is 5.07. The Morgan fingerprint density at radius 1 is 1.15 bits per heavy atom. The van der Waals surface area contributed by atoms with Crippen molar-refractivity contribution in [2.75, 3.05) is 6.54 Å². The zero-order valence-electron chi connectivity index (χ0n) is 11.9. The van der Waals surface area contributed by atoms with Gasteiger partial charge < -0.3 is 10.5 Å². The number of hydrogen-bond acceptors (Lipinski definition) is 2. The Kier molecular flexibility index (Phi) is 4.74. The summed E-state index contributed by atoms with van der Waals surface area (Å²) in [6.07, 6.45) is 0. The van der Waals surface area contributed by atoms with Crippen LogP contribution in [0.5, 0.6) is 5.75 Å². The highest BCUT2D eigenvalue weighted by molar-refractivity contribution is 5.33. The van der Waals surface area contributed by atoms with Crippen LogP contribution in [0.1, 0.15) is 29.5 Å². The standard InChI is InChI=1S/C17H20FNO/c1-12-3-8-16(18)9-17(12)20-11-14-4-6-15(7-5-14)13(2)10-19/h3-9,13H,10-11,19H2,1-2H3. The lowest BCUT2D eigenvalue weighted by Gasteiger charge is -2.11. The van der Waals surface area contributed by atoms with Crippen molar-refractivity contribution in [1.82, 2.24) is 0 Å². The Bertz CT molecular complexity index is 566. The van der Waals surface area contributed by atoms with E-state index in [-0.39, 0.29) is 5.82 Å². The van der Waals surface area contributed by atoms with Gasteiger partial charge in [-0.25, -0.2) is 4.39 Å². The van der Waals surface area contributed by atoms with Gasteiger partial charge >= 0.3 is 0 Å². The van der Waals surface area contributed by atoms with Crippen LogP contribution in [0.2, 0.25) is 0 Å². The van der Waals surface area contributed by atoms with E-state index in [0.29, 0.717) is 24.8 Å². The molecule has 2 rings (SSSR count). The molecule has 2 aromatic rings. The molecule has 0 heterocycles. The van der Waals surface area contributed by atoms with Crippen molar-refractivity contribution < 1.29 is 9.13 Å². The molecule has 1 atom stereocenters. The van der Waals surface area contributed by atoms with Gasteiger partial charge in [-0.1, -0.05) is 37.3 Å². The van der Waals surface area contributed by atoms with Gasteiger partial charge in [0.15, 0.2) is 0 Å². The minimum atomic E-state index is -0.280. The van der Waals surface area contributed by atoms with E-state index in [9.17, 15) is 4.39 Å². The second kappa shape index (κ2) is 6.53. The predicted octanol–water partition coefficient (Wildman–Crippen LogP) is 3.78. The fraction of sp³-hybridized carbons (Fsp3) is 0.294. The van der Waals surface area contributed by atoms with E-state index in [1.165, 1.54) is 17.7 Å². The topological polar surface area (TPSA) is 35.2 Å². The Morgan fingerprint density at radius 3 is 2.50 bits per heavy atom. The smallest absolute Gasteiger partial charge is 0.126 e. The first-order chi connectivity index (χ1) is 9.60. The van der Waals surface area contributed by atoms with Crippen LogP contribution >= 0.6 is 0 Å². The van der Waals surface area contributed by atoms with Crippen molar-refractivity contribution in [3.63, 3.8) is 0 Å². The average molecular weight is 273 g/mol. The summed E-state index contributed by atoms with van der Waals surface area (Å²) in [5.41, 5.74) is 8.86. The first-order valence-corrected chi connectivity index (χ1v) is 6.78. The van der Waals surface area contributed by atoms with E-state index < -0.39 is 0 Å². The molecule has 0 saturated carbocycles. The fourth-order valence-corrected chi connectivity index (χ4v) is 1.97. The normalized spacial score (nSPS) is 12.2. The van der Waals surface area contributed by atoms with Gasteiger partial charge in [-0.3, -0.25) is 0 Å². The molecule has 0 bridgehead atoms. The van der Waals surface area contributed by atoms with Gasteiger partial charge in [-0.15, -0.1) is 0 Å². The molecule has 20 heavy (non-hydrogen) atoms. The third-order valence-electron chi connectivity index (χ3n) is 3.45. The summed E-state index contributed by atoms with van der Waals surface area (Å²) >= 11 is 0. The van der Waals surface area contributed by atoms with Crippen LogP contribution in [0.25, 0.3) is 0 Å². The number of ether oxygens (including phenoxy) is 1. The predicted molar refractivity (Wildman–Crippen MR) is 79.4 cm³/mol. The minimum Gasteiger partial charge on any atom is -0.489 e. The lowest BCUT2D eigenvalue weighted by Crippen LogP contribution is -2.08. The van der Waals surface area contributed by atoms with Crippen molar-refractivity contribution in [1.29, 1.82) is 0 Å². The summed E-state index contributed by atoms with van der Waals surface area (Å²) in [4.78, 5) is 0. The van der Waals surface area contributed by atoms with Crippen molar-refractivity contribution in [2.24, 2.45) is 5.73 Å².